The number of carbonyl (C=O) groups excluding carboxylic acids is 2. The summed E-state index contributed by atoms with van der Waals surface area (Å²) in [5.41, 5.74) is 9.96. The first-order valence-corrected chi connectivity index (χ1v) is 11.6. The fraction of sp³-hybridized carbons (Fsp3) is 0.0714. The Morgan fingerprint density at radius 2 is 0.732 bits per heavy atom. The summed E-state index contributed by atoms with van der Waals surface area (Å²) in [5, 5.41) is 40.3. The van der Waals surface area contributed by atoms with E-state index in [0.29, 0.717) is 0 Å². The zero-order chi connectivity index (χ0) is 27.3. The number of aliphatic carboxylic acids is 2. The monoisotopic (exact) mass is 690 g/mol. The molecule has 41 heavy (non-hydrogen) atoms. The van der Waals surface area contributed by atoms with Crippen LogP contribution in [0.5, 0.6) is 0 Å². The summed E-state index contributed by atoms with van der Waals surface area (Å²) in [6.45, 7) is -0.278. The molecule has 4 aliphatic rings. The molecule has 0 bridgehead atoms. The Morgan fingerprint density at radius 1 is 0.537 bits per heavy atom. The maximum atomic E-state index is 9.19. The van der Waals surface area contributed by atoms with Gasteiger partial charge in [-0.15, -0.1) is 22.7 Å². The predicted molar refractivity (Wildman–Crippen MR) is 153 cm³/mol. The van der Waals surface area contributed by atoms with Crippen molar-refractivity contribution in [3.8, 4) is 0 Å². The van der Waals surface area contributed by atoms with Crippen LogP contribution in [0.3, 0.4) is 0 Å². The molecule has 13 heteroatoms. The first-order valence-electron chi connectivity index (χ1n) is 11.6. The number of nitrogens with zero attached hydrogens (tertiary/aromatic N) is 4. The Kier molecular flexibility index (Phi) is 17.5. The van der Waals surface area contributed by atoms with E-state index in [4.69, 9.17) is 0 Å². The van der Waals surface area contributed by atoms with E-state index in [0.717, 1.165) is 43.6 Å². The number of rotatable bonds is 2. The number of carbonyl (C=O) groups is 2. The summed E-state index contributed by atoms with van der Waals surface area (Å²) < 4.78 is 0. The molecule has 12 N–H and O–H groups in total. The van der Waals surface area contributed by atoms with Crippen LogP contribution in [0, 0.1) is 40.8 Å². The van der Waals surface area contributed by atoms with Crippen molar-refractivity contribution < 1.29 is 83.1 Å². The first-order chi connectivity index (χ1) is 18.4. The molecule has 0 saturated heterocycles. The van der Waals surface area contributed by atoms with Crippen LogP contribution < -0.4 is 42.6 Å². The van der Waals surface area contributed by atoms with E-state index in [9.17, 15) is 19.8 Å². The van der Waals surface area contributed by atoms with Crippen LogP contribution in [0.15, 0.2) is 73.4 Å². The van der Waals surface area contributed by atoms with Crippen molar-refractivity contribution in [3.05, 3.63) is 116 Å². The molecule has 0 saturated carbocycles. The number of allylic oxidation sites excluding steroid dienone is 4. The zero-order valence-electron chi connectivity index (χ0n) is 22.1. The van der Waals surface area contributed by atoms with Gasteiger partial charge in [-0.25, -0.2) is 0 Å². The third kappa shape index (κ3) is 11.0. The molecular weight excluding hydrogens is 661 g/mol. The van der Waals surface area contributed by atoms with Gasteiger partial charge >= 0.3 is 40.8 Å². The Morgan fingerprint density at radius 3 is 0.902 bits per heavy atom. The number of hydrogen-bond donors (Lipinski definition) is 2. The van der Waals surface area contributed by atoms with Crippen LogP contribution in [0.4, 0.5) is 22.7 Å². The SMILES string of the molecule is C1=C[N-]c2c3c(ccc2=C1)=CC=C[N-]3.C1=C[N-]c2c3c(ccc2=C1)=CC=C[N-]3.[NH3+]CC(=O)[O-].[NH3+]CC(=O)[O-].[Nd+3].[OH3+].[OH3+]. The Hall–Kier alpha value is -3.79. The molecule has 0 aliphatic carbocycles. The van der Waals surface area contributed by atoms with E-state index < -0.39 is 11.9 Å². The Balaban J connectivity index is 0.000000563. The third-order valence-electron chi connectivity index (χ3n) is 5.10. The average molecular weight is 693 g/mol. The van der Waals surface area contributed by atoms with Gasteiger partial charge in [-0.1, -0.05) is 72.9 Å². The number of carboxylic acid groups (broad SMARTS) is 2. The normalized spacial score (nSPS) is 12.3. The molecule has 2 aromatic carbocycles. The number of quaternary nitrogens is 2. The van der Waals surface area contributed by atoms with E-state index >= 15 is 0 Å². The topological polar surface area (TPSA) is 258 Å². The van der Waals surface area contributed by atoms with Crippen LogP contribution in [0.1, 0.15) is 0 Å². The largest absolute Gasteiger partial charge is 3.00 e. The second-order valence-electron chi connectivity index (χ2n) is 7.68. The van der Waals surface area contributed by atoms with Gasteiger partial charge in [0.05, 0.1) is 11.9 Å². The summed E-state index contributed by atoms with van der Waals surface area (Å²) in [4.78, 5) is 18.4. The molecule has 4 heterocycles. The minimum atomic E-state index is -1.11. The molecular formula is C28H32N6NdO6+. The number of fused-ring (bicyclic) bond motifs is 6. The molecule has 2 aromatic rings. The molecule has 0 unspecified atom stereocenters. The van der Waals surface area contributed by atoms with Crippen LogP contribution in [0.25, 0.3) is 45.6 Å². The van der Waals surface area contributed by atoms with Gasteiger partial charge in [0, 0.05) is 0 Å². The van der Waals surface area contributed by atoms with Crippen LogP contribution in [-0.4, -0.2) is 25.0 Å². The summed E-state index contributed by atoms with van der Waals surface area (Å²) >= 11 is 0. The van der Waals surface area contributed by atoms with Gasteiger partial charge in [0.1, 0.15) is 13.1 Å². The molecule has 0 fully saturated rings. The second kappa shape index (κ2) is 19.3. The van der Waals surface area contributed by atoms with E-state index in [1.54, 1.807) is 24.8 Å². The molecule has 0 aromatic heterocycles. The zero-order valence-corrected chi connectivity index (χ0v) is 25.4. The van der Waals surface area contributed by atoms with Crippen LogP contribution >= 0.6 is 0 Å². The summed E-state index contributed by atoms with van der Waals surface area (Å²) in [7, 11) is 0. The van der Waals surface area contributed by atoms with Gasteiger partial charge in [-0.2, -0.15) is 24.8 Å². The Labute approximate surface area is 269 Å². The fourth-order valence-corrected chi connectivity index (χ4v) is 3.36. The maximum Gasteiger partial charge on any atom is 3.00 e. The second-order valence-corrected chi connectivity index (χ2v) is 7.68. The van der Waals surface area contributed by atoms with E-state index in [-0.39, 0.29) is 64.9 Å². The van der Waals surface area contributed by atoms with Gasteiger partial charge < -0.3 is 63.5 Å². The maximum absolute atomic E-state index is 9.19. The van der Waals surface area contributed by atoms with Gasteiger partial charge in [-0.3, -0.25) is 0 Å². The quantitative estimate of drug-likeness (QED) is 0.307. The Bertz CT molecular complexity index is 1350. The summed E-state index contributed by atoms with van der Waals surface area (Å²) in [5.74, 6) is -2.21. The van der Waals surface area contributed by atoms with Gasteiger partial charge in [-0.05, 0) is 20.9 Å². The first kappa shape index (κ1) is 37.2. The molecule has 0 amide bonds. The van der Waals surface area contributed by atoms with Crippen LogP contribution in [0.2, 0.25) is 0 Å². The third-order valence-corrected chi connectivity index (χ3v) is 5.10. The summed E-state index contributed by atoms with van der Waals surface area (Å²) in [6, 6.07) is 8.30. The number of benzene rings is 2. The van der Waals surface area contributed by atoms with Crippen molar-refractivity contribution in [2.75, 3.05) is 13.1 Å². The summed E-state index contributed by atoms with van der Waals surface area (Å²) in [6.07, 6.45) is 23.2. The van der Waals surface area contributed by atoms with Crippen molar-refractivity contribution in [2.45, 2.75) is 0 Å². The molecule has 6 rings (SSSR count). The van der Waals surface area contributed by atoms with Crippen molar-refractivity contribution in [1.29, 1.82) is 0 Å². The molecule has 4 aliphatic heterocycles. The van der Waals surface area contributed by atoms with Crippen molar-refractivity contribution >= 4 is 59.0 Å². The van der Waals surface area contributed by atoms with E-state index in [1.807, 2.05) is 24.3 Å². The van der Waals surface area contributed by atoms with Crippen molar-refractivity contribution in [3.63, 3.8) is 0 Å². The molecule has 0 spiro atoms. The molecule has 213 valence electrons. The smallest absolute Gasteiger partial charge is 0.665 e. The fourth-order valence-electron chi connectivity index (χ4n) is 3.36. The van der Waals surface area contributed by atoms with Crippen LogP contribution in [-0.2, 0) is 20.5 Å². The van der Waals surface area contributed by atoms with Crippen molar-refractivity contribution in [1.82, 2.24) is 0 Å². The minimum absolute atomic E-state index is 0. The molecule has 1 radical (unpaired) electrons. The number of carboxylic acids is 2. The minimum Gasteiger partial charge on any atom is -0.665 e. The number of hydrogen-bond acceptors (Lipinski definition) is 4. The van der Waals surface area contributed by atoms with E-state index in [2.05, 4.69) is 81.3 Å². The van der Waals surface area contributed by atoms with Crippen molar-refractivity contribution in [2.24, 2.45) is 0 Å². The standard InChI is InChI=1S/2C12H8N2.2C2H5NO2.Nd.2H2O/c2*1-3-9-5-6-10-4-2-8-14-12(10)11(9)13-7-1;2*3-1-2(4)5;;;/h2*1-8H;2*1,3H2,(H,4,5);;2*1H2/q2*-2;;;+3;;/p+2. The molecule has 0 atom stereocenters. The van der Waals surface area contributed by atoms with Gasteiger partial charge in [0.15, 0.2) is 0 Å². The van der Waals surface area contributed by atoms with Gasteiger partial charge in [0.25, 0.3) is 0 Å². The van der Waals surface area contributed by atoms with Gasteiger partial charge in [0.2, 0.25) is 0 Å². The average Bonchev–Trinajstić information content (AvgIpc) is 2.98. The molecule has 12 nitrogen and oxygen atoms in total. The predicted octanol–water partition coefficient (Wildman–Crippen LogP) is -3.26. The van der Waals surface area contributed by atoms with E-state index in [1.165, 1.54) is 0 Å².